The Balaban J connectivity index is 1.48. The van der Waals surface area contributed by atoms with Crippen LogP contribution in [0.2, 0.25) is 0 Å². The Morgan fingerprint density at radius 1 is 1.30 bits per heavy atom. The molecule has 1 atom stereocenters. The SMILES string of the molecule is CC(=O)N1CCC(CN2CCN(c3nc(C)cs3)[C@@H](C)C2)CC1. The highest BCUT2D eigenvalue weighted by atomic mass is 32.1. The molecule has 1 amide bonds. The van der Waals surface area contributed by atoms with Crippen molar-refractivity contribution in [3.63, 3.8) is 0 Å². The van der Waals surface area contributed by atoms with Crippen LogP contribution in [0.1, 0.15) is 32.4 Å². The molecule has 0 aromatic carbocycles. The third-order valence-electron chi connectivity index (χ3n) is 5.14. The lowest BCUT2D eigenvalue weighted by atomic mass is 9.95. The van der Waals surface area contributed by atoms with Crippen LogP contribution >= 0.6 is 11.3 Å². The van der Waals surface area contributed by atoms with Crippen LogP contribution in [0.15, 0.2) is 5.38 Å². The molecule has 6 heteroatoms. The highest BCUT2D eigenvalue weighted by Crippen LogP contribution is 2.26. The smallest absolute Gasteiger partial charge is 0.219 e. The van der Waals surface area contributed by atoms with Gasteiger partial charge in [-0.15, -0.1) is 11.3 Å². The predicted octanol–water partition coefficient (Wildman–Crippen LogP) is 2.22. The Morgan fingerprint density at radius 3 is 2.61 bits per heavy atom. The quantitative estimate of drug-likeness (QED) is 0.848. The van der Waals surface area contributed by atoms with Crippen molar-refractivity contribution in [1.29, 1.82) is 0 Å². The molecule has 3 rings (SSSR count). The molecule has 0 bridgehead atoms. The Morgan fingerprint density at radius 2 is 2.04 bits per heavy atom. The summed E-state index contributed by atoms with van der Waals surface area (Å²) in [6.45, 7) is 12.4. The number of likely N-dealkylation sites (tertiary alicyclic amines) is 1. The fraction of sp³-hybridized carbons (Fsp3) is 0.765. The van der Waals surface area contributed by atoms with E-state index >= 15 is 0 Å². The summed E-state index contributed by atoms with van der Waals surface area (Å²) >= 11 is 1.76. The van der Waals surface area contributed by atoms with E-state index in [2.05, 4.69) is 34.0 Å². The minimum atomic E-state index is 0.226. The molecular weight excluding hydrogens is 308 g/mol. The van der Waals surface area contributed by atoms with Gasteiger partial charge < -0.3 is 9.80 Å². The lowest BCUT2D eigenvalue weighted by Gasteiger charge is -2.42. The molecular formula is C17H28N4OS. The number of piperidine rings is 1. The molecule has 0 saturated carbocycles. The van der Waals surface area contributed by atoms with Crippen LogP contribution in [-0.2, 0) is 4.79 Å². The van der Waals surface area contributed by atoms with E-state index in [9.17, 15) is 4.79 Å². The lowest BCUT2D eigenvalue weighted by Crippen LogP contribution is -2.53. The van der Waals surface area contributed by atoms with E-state index in [0.29, 0.717) is 6.04 Å². The molecule has 1 aromatic rings. The summed E-state index contributed by atoms with van der Waals surface area (Å²) in [7, 11) is 0. The summed E-state index contributed by atoms with van der Waals surface area (Å²) in [5.74, 6) is 0.968. The first-order valence-electron chi connectivity index (χ1n) is 8.69. The van der Waals surface area contributed by atoms with Crippen LogP contribution in [0.4, 0.5) is 5.13 Å². The second-order valence-corrected chi connectivity index (χ2v) is 7.86. The van der Waals surface area contributed by atoms with Crippen molar-refractivity contribution in [2.75, 3.05) is 44.2 Å². The average molecular weight is 337 g/mol. The molecule has 2 fully saturated rings. The van der Waals surface area contributed by atoms with Gasteiger partial charge in [0.15, 0.2) is 5.13 Å². The van der Waals surface area contributed by atoms with E-state index in [4.69, 9.17) is 0 Å². The van der Waals surface area contributed by atoms with Gasteiger partial charge in [-0.25, -0.2) is 4.98 Å². The van der Waals surface area contributed by atoms with Gasteiger partial charge in [0.1, 0.15) is 0 Å². The number of hydrogen-bond acceptors (Lipinski definition) is 5. The van der Waals surface area contributed by atoms with Gasteiger partial charge in [-0.05, 0) is 32.6 Å². The van der Waals surface area contributed by atoms with Crippen molar-refractivity contribution in [2.45, 2.75) is 39.7 Å². The zero-order valence-electron chi connectivity index (χ0n) is 14.5. The van der Waals surface area contributed by atoms with Gasteiger partial charge in [-0.1, -0.05) is 0 Å². The first-order valence-corrected chi connectivity index (χ1v) is 9.57. The van der Waals surface area contributed by atoms with E-state index in [1.807, 2.05) is 4.90 Å². The summed E-state index contributed by atoms with van der Waals surface area (Å²) in [5, 5.41) is 3.31. The zero-order valence-corrected chi connectivity index (χ0v) is 15.3. The van der Waals surface area contributed by atoms with Crippen LogP contribution in [0.5, 0.6) is 0 Å². The number of amides is 1. The normalized spacial score (nSPS) is 24.2. The largest absolute Gasteiger partial charge is 0.343 e. The molecule has 128 valence electrons. The minimum absolute atomic E-state index is 0.226. The second kappa shape index (κ2) is 7.18. The minimum Gasteiger partial charge on any atom is -0.343 e. The Kier molecular flexibility index (Phi) is 5.21. The molecule has 3 heterocycles. The van der Waals surface area contributed by atoms with Crippen LogP contribution < -0.4 is 4.90 Å². The van der Waals surface area contributed by atoms with E-state index in [-0.39, 0.29) is 5.91 Å². The summed E-state index contributed by atoms with van der Waals surface area (Å²) in [6.07, 6.45) is 2.31. The molecule has 0 radical (unpaired) electrons. The number of aromatic nitrogens is 1. The van der Waals surface area contributed by atoms with Gasteiger partial charge in [0.25, 0.3) is 0 Å². The van der Waals surface area contributed by atoms with Crippen LogP contribution in [-0.4, -0.2) is 66.0 Å². The fourth-order valence-corrected chi connectivity index (χ4v) is 4.68. The maximum absolute atomic E-state index is 11.4. The topological polar surface area (TPSA) is 39.7 Å². The zero-order chi connectivity index (χ0) is 16.4. The number of aryl methyl sites for hydroxylation is 1. The number of rotatable bonds is 3. The molecule has 2 aliphatic rings. The predicted molar refractivity (Wildman–Crippen MR) is 95.1 cm³/mol. The molecule has 0 aliphatic carbocycles. The molecule has 23 heavy (non-hydrogen) atoms. The van der Waals surface area contributed by atoms with E-state index in [1.54, 1.807) is 18.3 Å². The fourth-order valence-electron chi connectivity index (χ4n) is 3.75. The summed E-state index contributed by atoms with van der Waals surface area (Å²) < 4.78 is 0. The number of hydrogen-bond donors (Lipinski definition) is 0. The van der Waals surface area contributed by atoms with Gasteiger partial charge in [-0.3, -0.25) is 9.69 Å². The van der Waals surface area contributed by atoms with Crippen molar-refractivity contribution in [2.24, 2.45) is 5.92 Å². The van der Waals surface area contributed by atoms with E-state index < -0.39 is 0 Å². The summed E-state index contributed by atoms with van der Waals surface area (Å²) in [5.41, 5.74) is 1.12. The third-order valence-corrected chi connectivity index (χ3v) is 6.14. The second-order valence-electron chi connectivity index (χ2n) is 7.02. The Hall–Kier alpha value is -1.14. The number of carbonyl (C=O) groups excluding carboxylic acids is 1. The van der Waals surface area contributed by atoms with Crippen molar-refractivity contribution < 1.29 is 4.79 Å². The van der Waals surface area contributed by atoms with Crippen LogP contribution in [0, 0.1) is 12.8 Å². The third kappa shape index (κ3) is 4.04. The monoisotopic (exact) mass is 336 g/mol. The van der Waals surface area contributed by atoms with Crippen LogP contribution in [0.25, 0.3) is 0 Å². The lowest BCUT2D eigenvalue weighted by molar-refractivity contribution is -0.130. The highest BCUT2D eigenvalue weighted by Gasteiger charge is 2.28. The highest BCUT2D eigenvalue weighted by molar-refractivity contribution is 7.13. The maximum Gasteiger partial charge on any atom is 0.219 e. The number of carbonyl (C=O) groups is 1. The first-order chi connectivity index (χ1) is 11.0. The average Bonchev–Trinajstić information content (AvgIpc) is 2.94. The molecule has 0 N–H and O–H groups in total. The number of anilines is 1. The molecule has 2 saturated heterocycles. The summed E-state index contributed by atoms with van der Waals surface area (Å²) in [6, 6.07) is 0.520. The van der Waals surface area contributed by atoms with Crippen molar-refractivity contribution in [1.82, 2.24) is 14.8 Å². The van der Waals surface area contributed by atoms with Crippen LogP contribution in [0.3, 0.4) is 0 Å². The van der Waals surface area contributed by atoms with Gasteiger partial charge in [0, 0.05) is 57.6 Å². The molecule has 2 aliphatic heterocycles. The van der Waals surface area contributed by atoms with Crippen molar-refractivity contribution >= 4 is 22.4 Å². The van der Waals surface area contributed by atoms with Crippen molar-refractivity contribution in [3.8, 4) is 0 Å². The van der Waals surface area contributed by atoms with E-state index in [0.717, 1.165) is 57.2 Å². The van der Waals surface area contributed by atoms with Gasteiger partial charge >= 0.3 is 0 Å². The van der Waals surface area contributed by atoms with Gasteiger partial charge in [0.2, 0.25) is 5.91 Å². The maximum atomic E-state index is 11.4. The Bertz CT molecular complexity index is 538. The van der Waals surface area contributed by atoms with Crippen molar-refractivity contribution in [3.05, 3.63) is 11.1 Å². The molecule has 0 unspecified atom stereocenters. The van der Waals surface area contributed by atoms with Gasteiger partial charge in [0.05, 0.1) is 5.69 Å². The summed E-state index contributed by atoms with van der Waals surface area (Å²) in [4.78, 5) is 23.1. The molecule has 1 aromatic heterocycles. The van der Waals surface area contributed by atoms with Gasteiger partial charge in [-0.2, -0.15) is 0 Å². The molecule has 0 spiro atoms. The number of nitrogens with zero attached hydrogens (tertiary/aromatic N) is 4. The number of thiazole rings is 1. The first kappa shape index (κ1) is 16.7. The van der Waals surface area contributed by atoms with E-state index in [1.165, 1.54) is 11.7 Å². The standard InChI is InChI=1S/C17H28N4OS/c1-13-12-23-17(18-13)21-9-8-19(10-14(21)2)11-16-4-6-20(7-5-16)15(3)22/h12,14,16H,4-11H2,1-3H3/t14-/m0/s1. The number of piperazine rings is 1. The molecule has 5 nitrogen and oxygen atoms in total. The Labute approximate surface area is 143 Å².